The molecule has 28 heavy (non-hydrogen) atoms. The molecular formula is C19H19FN4O4. The van der Waals surface area contributed by atoms with Gasteiger partial charge in [-0.25, -0.2) is 4.39 Å². The quantitative estimate of drug-likeness (QED) is 0.642. The normalized spacial score (nSPS) is 15.0. The first-order chi connectivity index (χ1) is 13.7. The van der Waals surface area contributed by atoms with Gasteiger partial charge in [0.1, 0.15) is 11.6 Å². The maximum Gasteiger partial charge on any atom is 0.283 e. The monoisotopic (exact) mass is 386 g/mol. The highest BCUT2D eigenvalue weighted by Crippen LogP contribution is 2.19. The maximum absolute atomic E-state index is 12.9. The van der Waals surface area contributed by atoms with Crippen molar-refractivity contribution in [1.29, 1.82) is 0 Å². The number of carbonyl (C=O) groups is 1. The van der Waals surface area contributed by atoms with Gasteiger partial charge in [0.2, 0.25) is 5.89 Å². The molecular weight excluding hydrogens is 367 g/mol. The van der Waals surface area contributed by atoms with Crippen molar-refractivity contribution in [1.82, 2.24) is 20.0 Å². The number of ether oxygens (including phenoxy) is 1. The van der Waals surface area contributed by atoms with Crippen molar-refractivity contribution < 1.29 is 22.8 Å². The Morgan fingerprint density at radius 3 is 2.61 bits per heavy atom. The van der Waals surface area contributed by atoms with Crippen LogP contribution >= 0.6 is 0 Å². The second kappa shape index (κ2) is 8.22. The van der Waals surface area contributed by atoms with Crippen LogP contribution in [0.25, 0.3) is 11.7 Å². The summed E-state index contributed by atoms with van der Waals surface area (Å²) in [6, 6.07) is 9.12. The molecule has 0 spiro atoms. The number of hydrogen-bond donors (Lipinski definition) is 0. The summed E-state index contributed by atoms with van der Waals surface area (Å²) in [6.07, 6.45) is 1.55. The highest BCUT2D eigenvalue weighted by atomic mass is 19.1. The van der Waals surface area contributed by atoms with Gasteiger partial charge in [-0.1, -0.05) is 0 Å². The number of furan rings is 1. The zero-order valence-corrected chi connectivity index (χ0v) is 15.1. The van der Waals surface area contributed by atoms with Gasteiger partial charge in [-0.05, 0) is 36.4 Å². The average molecular weight is 386 g/mol. The van der Waals surface area contributed by atoms with Gasteiger partial charge in [0.15, 0.2) is 12.4 Å². The fraction of sp³-hybridized carbons (Fsp3) is 0.316. The van der Waals surface area contributed by atoms with Gasteiger partial charge in [-0.2, -0.15) is 0 Å². The second-order valence-electron chi connectivity index (χ2n) is 6.38. The Kier molecular flexibility index (Phi) is 5.34. The van der Waals surface area contributed by atoms with E-state index >= 15 is 0 Å². The van der Waals surface area contributed by atoms with Crippen LogP contribution in [0.2, 0.25) is 0 Å². The number of halogens is 1. The molecule has 1 saturated heterocycles. The zero-order chi connectivity index (χ0) is 19.3. The van der Waals surface area contributed by atoms with Crippen LogP contribution in [0, 0.1) is 5.82 Å². The number of aromatic nitrogens is 2. The van der Waals surface area contributed by atoms with Crippen LogP contribution < -0.4 is 4.74 Å². The van der Waals surface area contributed by atoms with Gasteiger partial charge >= 0.3 is 0 Å². The Morgan fingerprint density at radius 1 is 1.11 bits per heavy atom. The Morgan fingerprint density at radius 2 is 1.89 bits per heavy atom. The third-order valence-electron chi connectivity index (χ3n) is 4.46. The molecule has 1 aliphatic heterocycles. The minimum atomic E-state index is -0.340. The van der Waals surface area contributed by atoms with Crippen LogP contribution in [0.15, 0.2) is 51.5 Å². The van der Waals surface area contributed by atoms with Crippen molar-refractivity contribution in [3.05, 3.63) is 54.4 Å². The molecule has 0 bridgehead atoms. The number of rotatable bonds is 6. The van der Waals surface area contributed by atoms with Gasteiger partial charge < -0.3 is 18.5 Å². The van der Waals surface area contributed by atoms with E-state index in [1.54, 1.807) is 23.3 Å². The molecule has 0 atom stereocenters. The molecule has 0 saturated carbocycles. The lowest BCUT2D eigenvalue weighted by molar-refractivity contribution is -0.135. The van der Waals surface area contributed by atoms with Crippen molar-refractivity contribution in [2.75, 3.05) is 32.8 Å². The predicted octanol–water partition coefficient (Wildman–Crippen LogP) is 2.19. The molecule has 9 heteroatoms. The SMILES string of the molecule is O=C(COc1ccc(F)cc1)N1CCN(Cc2nnc(-c3ccco3)o2)CC1. The number of amides is 1. The summed E-state index contributed by atoms with van der Waals surface area (Å²) in [4.78, 5) is 16.2. The van der Waals surface area contributed by atoms with E-state index in [4.69, 9.17) is 13.6 Å². The molecule has 0 N–H and O–H groups in total. The first kappa shape index (κ1) is 18.2. The summed E-state index contributed by atoms with van der Waals surface area (Å²) < 4.78 is 29.2. The molecule has 8 nitrogen and oxygen atoms in total. The van der Waals surface area contributed by atoms with Crippen LogP contribution in [0.5, 0.6) is 5.75 Å². The molecule has 1 aromatic carbocycles. The van der Waals surface area contributed by atoms with E-state index < -0.39 is 0 Å². The first-order valence-corrected chi connectivity index (χ1v) is 8.92. The smallest absolute Gasteiger partial charge is 0.283 e. The van der Waals surface area contributed by atoms with Crippen molar-refractivity contribution >= 4 is 5.91 Å². The van der Waals surface area contributed by atoms with E-state index in [0.717, 1.165) is 0 Å². The van der Waals surface area contributed by atoms with Gasteiger partial charge in [0.25, 0.3) is 11.8 Å². The molecule has 3 aromatic rings. The van der Waals surface area contributed by atoms with Crippen molar-refractivity contribution in [3.8, 4) is 17.4 Å². The topological polar surface area (TPSA) is 84.8 Å². The minimum absolute atomic E-state index is 0.0677. The lowest BCUT2D eigenvalue weighted by Gasteiger charge is -2.33. The first-order valence-electron chi connectivity index (χ1n) is 8.92. The van der Waals surface area contributed by atoms with E-state index in [-0.39, 0.29) is 18.3 Å². The zero-order valence-electron chi connectivity index (χ0n) is 15.1. The Balaban J connectivity index is 1.23. The highest BCUT2D eigenvalue weighted by Gasteiger charge is 2.23. The third kappa shape index (κ3) is 4.37. The van der Waals surface area contributed by atoms with Crippen molar-refractivity contribution in [2.45, 2.75) is 6.54 Å². The Hall–Kier alpha value is -3.20. The third-order valence-corrected chi connectivity index (χ3v) is 4.46. The second-order valence-corrected chi connectivity index (χ2v) is 6.38. The summed E-state index contributed by atoms with van der Waals surface area (Å²) in [5.41, 5.74) is 0. The average Bonchev–Trinajstić information content (AvgIpc) is 3.40. The largest absolute Gasteiger partial charge is 0.484 e. The van der Waals surface area contributed by atoms with E-state index in [2.05, 4.69) is 15.1 Å². The van der Waals surface area contributed by atoms with Crippen molar-refractivity contribution in [3.63, 3.8) is 0 Å². The minimum Gasteiger partial charge on any atom is -0.484 e. The van der Waals surface area contributed by atoms with Crippen LogP contribution in [-0.4, -0.2) is 58.7 Å². The standard InChI is InChI=1S/C19H19FN4O4/c20-14-3-5-15(6-4-14)27-13-18(25)24-9-7-23(8-10-24)12-17-21-22-19(28-17)16-2-1-11-26-16/h1-6,11H,7-10,12-13H2. The fourth-order valence-corrected chi connectivity index (χ4v) is 2.93. The molecule has 3 heterocycles. The fourth-order valence-electron chi connectivity index (χ4n) is 2.93. The number of piperazine rings is 1. The number of nitrogens with zero attached hydrogens (tertiary/aromatic N) is 4. The number of hydrogen-bond acceptors (Lipinski definition) is 7. The highest BCUT2D eigenvalue weighted by molar-refractivity contribution is 5.77. The van der Waals surface area contributed by atoms with E-state index in [0.29, 0.717) is 56.0 Å². The molecule has 1 aliphatic rings. The lowest BCUT2D eigenvalue weighted by atomic mass is 10.3. The van der Waals surface area contributed by atoms with Crippen molar-refractivity contribution in [2.24, 2.45) is 0 Å². The summed E-state index contributed by atoms with van der Waals surface area (Å²) in [5.74, 6) is 1.43. The molecule has 0 radical (unpaired) electrons. The molecule has 1 amide bonds. The predicted molar refractivity (Wildman–Crippen MR) is 95.8 cm³/mol. The summed E-state index contributed by atoms with van der Waals surface area (Å²) in [5, 5.41) is 8.03. The molecule has 4 rings (SSSR count). The van der Waals surface area contributed by atoms with Crippen LogP contribution in [-0.2, 0) is 11.3 Å². The summed E-state index contributed by atoms with van der Waals surface area (Å²) in [7, 11) is 0. The van der Waals surface area contributed by atoms with Gasteiger partial charge in [-0.15, -0.1) is 10.2 Å². The Labute approximate surface area is 160 Å². The molecule has 146 valence electrons. The summed E-state index contributed by atoms with van der Waals surface area (Å²) in [6.45, 7) is 3.01. The maximum atomic E-state index is 12.9. The summed E-state index contributed by atoms with van der Waals surface area (Å²) >= 11 is 0. The van der Waals surface area contributed by atoms with Crippen LogP contribution in [0.4, 0.5) is 4.39 Å². The number of benzene rings is 1. The number of carbonyl (C=O) groups excluding carboxylic acids is 1. The molecule has 0 aliphatic carbocycles. The van der Waals surface area contributed by atoms with E-state index in [1.807, 2.05) is 0 Å². The van der Waals surface area contributed by atoms with Gasteiger partial charge in [0.05, 0.1) is 12.8 Å². The van der Waals surface area contributed by atoms with Gasteiger partial charge in [0, 0.05) is 26.2 Å². The van der Waals surface area contributed by atoms with E-state index in [1.165, 1.54) is 24.3 Å². The van der Waals surface area contributed by atoms with Gasteiger partial charge in [-0.3, -0.25) is 9.69 Å². The Bertz CT molecular complexity index is 902. The van der Waals surface area contributed by atoms with Crippen LogP contribution in [0.1, 0.15) is 5.89 Å². The lowest BCUT2D eigenvalue weighted by Crippen LogP contribution is -2.49. The van der Waals surface area contributed by atoms with Crippen LogP contribution in [0.3, 0.4) is 0 Å². The molecule has 1 fully saturated rings. The molecule has 0 unspecified atom stereocenters. The van der Waals surface area contributed by atoms with E-state index in [9.17, 15) is 9.18 Å². The molecule has 2 aromatic heterocycles.